The van der Waals surface area contributed by atoms with Crippen LogP contribution in [0.5, 0.6) is 0 Å². The predicted molar refractivity (Wildman–Crippen MR) is 75.3 cm³/mol. The predicted octanol–water partition coefficient (Wildman–Crippen LogP) is 0.144. The summed E-state index contributed by atoms with van der Waals surface area (Å²) in [6.07, 6.45) is 3.03. The fourth-order valence-electron chi connectivity index (χ4n) is 2.20. The molecule has 0 aromatic heterocycles. The molecule has 1 saturated heterocycles. The number of piperidine rings is 1. The number of nitrogens with two attached hydrogens (primary N) is 1. The monoisotopic (exact) mass is 296 g/mol. The summed E-state index contributed by atoms with van der Waals surface area (Å²) in [5, 5.41) is 0. The Balaban J connectivity index is 2.51. The standard InChI is InChI=1S/C11H24N2O3S2/c1-11(2,12)9-17(14)8-10-5-4-6-13(7-10)18(3,15)16/h10H,4-9,12H2,1-3H3. The second-order valence-electron chi connectivity index (χ2n) is 5.87. The Morgan fingerprint density at radius 2 is 2.06 bits per heavy atom. The lowest BCUT2D eigenvalue weighted by Gasteiger charge is -2.31. The van der Waals surface area contributed by atoms with Crippen LogP contribution in [0.4, 0.5) is 0 Å². The van der Waals surface area contributed by atoms with E-state index < -0.39 is 26.4 Å². The molecule has 0 saturated carbocycles. The molecule has 0 spiro atoms. The van der Waals surface area contributed by atoms with Crippen molar-refractivity contribution in [2.24, 2.45) is 11.7 Å². The smallest absolute Gasteiger partial charge is 0.211 e. The van der Waals surface area contributed by atoms with E-state index in [1.54, 1.807) is 0 Å². The maximum absolute atomic E-state index is 11.9. The van der Waals surface area contributed by atoms with Crippen LogP contribution < -0.4 is 5.73 Å². The van der Waals surface area contributed by atoms with Gasteiger partial charge in [-0.2, -0.15) is 0 Å². The molecule has 0 bridgehead atoms. The molecule has 2 atom stereocenters. The highest BCUT2D eigenvalue weighted by Crippen LogP contribution is 2.20. The summed E-state index contributed by atoms with van der Waals surface area (Å²) >= 11 is 0. The molecule has 0 aromatic rings. The minimum Gasteiger partial charge on any atom is -0.325 e. The Morgan fingerprint density at radius 3 is 2.56 bits per heavy atom. The van der Waals surface area contributed by atoms with Gasteiger partial charge in [-0.3, -0.25) is 4.21 Å². The van der Waals surface area contributed by atoms with Gasteiger partial charge in [0, 0.05) is 40.9 Å². The van der Waals surface area contributed by atoms with E-state index in [1.165, 1.54) is 10.6 Å². The molecule has 0 aromatic carbocycles. The van der Waals surface area contributed by atoms with Crippen LogP contribution in [0.1, 0.15) is 26.7 Å². The molecule has 1 fully saturated rings. The maximum atomic E-state index is 11.9. The second-order valence-corrected chi connectivity index (χ2v) is 9.35. The molecular weight excluding hydrogens is 272 g/mol. The maximum Gasteiger partial charge on any atom is 0.211 e. The summed E-state index contributed by atoms with van der Waals surface area (Å²) in [5.41, 5.74) is 5.40. The molecule has 7 heteroatoms. The fraction of sp³-hybridized carbons (Fsp3) is 1.00. The summed E-state index contributed by atoms with van der Waals surface area (Å²) in [5.74, 6) is 1.20. The van der Waals surface area contributed by atoms with Crippen molar-refractivity contribution in [2.75, 3.05) is 30.9 Å². The van der Waals surface area contributed by atoms with Crippen molar-refractivity contribution >= 4 is 20.8 Å². The van der Waals surface area contributed by atoms with Crippen molar-refractivity contribution in [3.63, 3.8) is 0 Å². The first kappa shape index (κ1) is 16.1. The molecule has 1 heterocycles. The third-order valence-corrected chi connectivity index (χ3v) is 6.08. The molecule has 1 aliphatic heterocycles. The minimum atomic E-state index is -3.12. The van der Waals surface area contributed by atoms with Crippen LogP contribution in [0.2, 0.25) is 0 Å². The van der Waals surface area contributed by atoms with Crippen molar-refractivity contribution in [1.82, 2.24) is 4.31 Å². The van der Waals surface area contributed by atoms with E-state index >= 15 is 0 Å². The number of rotatable bonds is 5. The highest BCUT2D eigenvalue weighted by Gasteiger charge is 2.27. The van der Waals surface area contributed by atoms with E-state index in [4.69, 9.17) is 5.73 Å². The summed E-state index contributed by atoms with van der Waals surface area (Å²) in [7, 11) is -4.10. The first-order valence-electron chi connectivity index (χ1n) is 6.17. The van der Waals surface area contributed by atoms with Gasteiger partial charge in [-0.25, -0.2) is 12.7 Å². The Hall–Kier alpha value is 0.0200. The number of sulfonamides is 1. The van der Waals surface area contributed by atoms with Crippen molar-refractivity contribution in [3.05, 3.63) is 0 Å². The van der Waals surface area contributed by atoms with E-state index in [0.717, 1.165) is 12.8 Å². The van der Waals surface area contributed by atoms with Crippen molar-refractivity contribution in [3.8, 4) is 0 Å². The van der Waals surface area contributed by atoms with Gasteiger partial charge in [-0.05, 0) is 32.6 Å². The quantitative estimate of drug-likeness (QED) is 0.783. The zero-order valence-electron chi connectivity index (χ0n) is 11.4. The lowest BCUT2D eigenvalue weighted by molar-refractivity contribution is 0.285. The normalized spacial score (nSPS) is 25.0. The van der Waals surface area contributed by atoms with Gasteiger partial charge in [0.05, 0.1) is 6.26 Å². The molecule has 0 amide bonds. The largest absolute Gasteiger partial charge is 0.325 e. The molecule has 18 heavy (non-hydrogen) atoms. The molecule has 2 N–H and O–H groups in total. The van der Waals surface area contributed by atoms with Gasteiger partial charge in [0.2, 0.25) is 10.0 Å². The van der Waals surface area contributed by atoms with Gasteiger partial charge in [0.25, 0.3) is 0 Å². The van der Waals surface area contributed by atoms with E-state index in [-0.39, 0.29) is 5.92 Å². The number of hydrogen-bond donors (Lipinski definition) is 1. The molecule has 1 aliphatic rings. The van der Waals surface area contributed by atoms with Crippen molar-refractivity contribution in [2.45, 2.75) is 32.2 Å². The van der Waals surface area contributed by atoms with Gasteiger partial charge in [-0.1, -0.05) is 0 Å². The lowest BCUT2D eigenvalue weighted by atomic mass is 10.0. The Morgan fingerprint density at radius 1 is 1.44 bits per heavy atom. The van der Waals surface area contributed by atoms with Crippen LogP contribution in [0, 0.1) is 5.92 Å². The molecule has 1 rings (SSSR count). The minimum absolute atomic E-state index is 0.191. The van der Waals surface area contributed by atoms with Crippen LogP contribution in [-0.2, 0) is 20.8 Å². The average Bonchev–Trinajstić information content (AvgIpc) is 2.13. The Labute approximate surface area is 113 Å². The van der Waals surface area contributed by atoms with Crippen molar-refractivity contribution in [1.29, 1.82) is 0 Å². The van der Waals surface area contributed by atoms with Crippen LogP contribution in [-0.4, -0.2) is 53.3 Å². The molecule has 0 radical (unpaired) electrons. The third-order valence-electron chi connectivity index (χ3n) is 2.91. The Bertz CT molecular complexity index is 401. The highest BCUT2D eigenvalue weighted by molar-refractivity contribution is 7.88. The van der Waals surface area contributed by atoms with Crippen LogP contribution in [0.3, 0.4) is 0 Å². The summed E-state index contributed by atoms with van der Waals surface area (Å²) in [6.45, 7) is 4.79. The van der Waals surface area contributed by atoms with Gasteiger partial charge < -0.3 is 5.73 Å². The fourth-order valence-corrected chi connectivity index (χ4v) is 4.89. The van der Waals surface area contributed by atoms with E-state index in [0.29, 0.717) is 24.6 Å². The average molecular weight is 296 g/mol. The van der Waals surface area contributed by atoms with Crippen LogP contribution >= 0.6 is 0 Å². The molecule has 2 unspecified atom stereocenters. The van der Waals surface area contributed by atoms with Gasteiger partial charge in [0.1, 0.15) is 0 Å². The third kappa shape index (κ3) is 5.77. The zero-order chi connectivity index (χ0) is 14.0. The first-order valence-corrected chi connectivity index (χ1v) is 9.50. The molecular formula is C11H24N2O3S2. The van der Waals surface area contributed by atoms with E-state index in [1.807, 2.05) is 13.8 Å². The number of hydrogen-bond acceptors (Lipinski definition) is 4. The number of nitrogens with zero attached hydrogens (tertiary/aromatic N) is 1. The summed E-state index contributed by atoms with van der Waals surface area (Å²) in [6, 6.07) is 0. The topological polar surface area (TPSA) is 80.5 Å². The second kappa shape index (κ2) is 5.98. The lowest BCUT2D eigenvalue weighted by Crippen LogP contribution is -2.43. The van der Waals surface area contributed by atoms with Crippen LogP contribution in [0.15, 0.2) is 0 Å². The molecule has 0 aliphatic carbocycles. The summed E-state index contributed by atoms with van der Waals surface area (Å²) in [4.78, 5) is 0. The SMILES string of the molecule is CC(C)(N)CS(=O)CC1CCCN(S(C)(=O)=O)C1. The zero-order valence-corrected chi connectivity index (χ0v) is 13.0. The highest BCUT2D eigenvalue weighted by atomic mass is 32.2. The van der Waals surface area contributed by atoms with Crippen molar-refractivity contribution < 1.29 is 12.6 Å². The molecule has 108 valence electrons. The van der Waals surface area contributed by atoms with Gasteiger partial charge >= 0.3 is 0 Å². The van der Waals surface area contributed by atoms with E-state index in [9.17, 15) is 12.6 Å². The van der Waals surface area contributed by atoms with Gasteiger partial charge in [0.15, 0.2) is 0 Å². The van der Waals surface area contributed by atoms with Crippen LogP contribution in [0.25, 0.3) is 0 Å². The molecule has 5 nitrogen and oxygen atoms in total. The van der Waals surface area contributed by atoms with E-state index in [2.05, 4.69) is 0 Å². The van der Waals surface area contributed by atoms with Gasteiger partial charge in [-0.15, -0.1) is 0 Å². The Kier molecular flexibility index (Phi) is 5.34. The summed E-state index contributed by atoms with van der Waals surface area (Å²) < 4.78 is 36.4. The first-order chi connectivity index (χ1) is 8.08.